The summed E-state index contributed by atoms with van der Waals surface area (Å²) in [6, 6.07) is 11.2. The molecule has 0 aliphatic rings. The molecule has 0 bridgehead atoms. The van der Waals surface area contributed by atoms with Gasteiger partial charge in [0.25, 0.3) is 0 Å². The number of nitrogen functional groups attached to an aromatic ring is 1. The van der Waals surface area contributed by atoms with Crippen molar-refractivity contribution in [3.05, 3.63) is 47.7 Å². The normalized spacial score (nSPS) is 11.1. The SMILES string of the molecule is Nc1nonc1-c1nc2ccccc2n1-c1ccc(Cl)nc1. The fourth-order valence-electron chi connectivity index (χ4n) is 2.30. The number of imidazole rings is 1. The van der Waals surface area contributed by atoms with Crippen LogP contribution < -0.4 is 5.73 Å². The van der Waals surface area contributed by atoms with Crippen molar-refractivity contribution in [2.45, 2.75) is 0 Å². The third-order valence-corrected chi connectivity index (χ3v) is 3.48. The first-order valence-electron chi connectivity index (χ1n) is 6.42. The van der Waals surface area contributed by atoms with Crippen molar-refractivity contribution in [1.29, 1.82) is 0 Å². The molecule has 0 radical (unpaired) electrons. The Kier molecular flexibility index (Phi) is 2.80. The smallest absolute Gasteiger partial charge is 0.199 e. The summed E-state index contributed by atoms with van der Waals surface area (Å²) in [5, 5.41) is 7.87. The van der Waals surface area contributed by atoms with E-state index in [0.29, 0.717) is 16.7 Å². The molecule has 0 unspecified atom stereocenters. The van der Waals surface area contributed by atoms with Crippen LogP contribution in [0.2, 0.25) is 5.15 Å². The van der Waals surface area contributed by atoms with Crippen molar-refractivity contribution in [2.24, 2.45) is 0 Å². The maximum Gasteiger partial charge on any atom is 0.199 e. The Morgan fingerprint density at radius 1 is 1.09 bits per heavy atom. The van der Waals surface area contributed by atoms with E-state index in [1.54, 1.807) is 12.3 Å². The summed E-state index contributed by atoms with van der Waals surface area (Å²) in [6.07, 6.45) is 1.66. The number of pyridine rings is 1. The third-order valence-electron chi connectivity index (χ3n) is 3.26. The molecule has 2 N–H and O–H groups in total. The monoisotopic (exact) mass is 312 g/mol. The lowest BCUT2D eigenvalue weighted by Crippen LogP contribution is -2.00. The van der Waals surface area contributed by atoms with Crippen LogP contribution in [-0.2, 0) is 0 Å². The second-order valence-electron chi connectivity index (χ2n) is 4.60. The summed E-state index contributed by atoms with van der Waals surface area (Å²) in [7, 11) is 0. The third kappa shape index (κ3) is 1.91. The summed E-state index contributed by atoms with van der Waals surface area (Å²) < 4.78 is 6.57. The van der Waals surface area contributed by atoms with Gasteiger partial charge in [0.1, 0.15) is 5.15 Å². The van der Waals surface area contributed by atoms with Crippen molar-refractivity contribution in [3.8, 4) is 17.2 Å². The van der Waals surface area contributed by atoms with E-state index in [4.69, 9.17) is 22.0 Å². The van der Waals surface area contributed by atoms with Crippen molar-refractivity contribution < 1.29 is 4.63 Å². The van der Waals surface area contributed by atoms with Crippen molar-refractivity contribution in [3.63, 3.8) is 0 Å². The number of nitrogens with two attached hydrogens (primary N) is 1. The molecule has 3 heterocycles. The van der Waals surface area contributed by atoms with E-state index in [2.05, 4.69) is 20.3 Å². The van der Waals surface area contributed by atoms with Crippen molar-refractivity contribution in [2.75, 3.05) is 5.73 Å². The highest BCUT2D eigenvalue weighted by molar-refractivity contribution is 6.29. The summed E-state index contributed by atoms with van der Waals surface area (Å²) in [5.41, 5.74) is 8.67. The van der Waals surface area contributed by atoms with Crippen LogP contribution in [0.3, 0.4) is 0 Å². The van der Waals surface area contributed by atoms with Gasteiger partial charge in [0, 0.05) is 0 Å². The molecule has 0 aliphatic carbocycles. The molecule has 0 saturated heterocycles. The van der Waals surface area contributed by atoms with Gasteiger partial charge >= 0.3 is 0 Å². The molecule has 22 heavy (non-hydrogen) atoms. The van der Waals surface area contributed by atoms with E-state index in [1.165, 1.54) is 0 Å². The van der Waals surface area contributed by atoms with Gasteiger partial charge in [-0.25, -0.2) is 14.6 Å². The minimum Gasteiger partial charge on any atom is -0.379 e. The number of fused-ring (bicyclic) bond motifs is 1. The maximum atomic E-state index is 5.86. The van der Waals surface area contributed by atoms with Gasteiger partial charge in [0.05, 0.1) is 22.9 Å². The Bertz CT molecular complexity index is 959. The van der Waals surface area contributed by atoms with Crippen LogP contribution in [0, 0.1) is 0 Å². The number of benzene rings is 1. The summed E-state index contributed by atoms with van der Waals surface area (Å²) in [4.78, 5) is 8.69. The molecule has 4 aromatic rings. The molecule has 0 aliphatic heterocycles. The van der Waals surface area contributed by atoms with Gasteiger partial charge in [-0.1, -0.05) is 23.7 Å². The molecule has 3 aromatic heterocycles. The number of hydrogen-bond donors (Lipinski definition) is 1. The summed E-state index contributed by atoms with van der Waals surface area (Å²) in [6.45, 7) is 0. The highest BCUT2D eigenvalue weighted by Gasteiger charge is 2.20. The van der Waals surface area contributed by atoms with Crippen LogP contribution in [-0.4, -0.2) is 24.8 Å². The first kappa shape index (κ1) is 12.8. The Hall–Kier alpha value is -2.93. The van der Waals surface area contributed by atoms with Gasteiger partial charge in [-0.05, 0) is 34.6 Å². The van der Waals surface area contributed by atoms with Gasteiger partial charge < -0.3 is 5.73 Å². The van der Waals surface area contributed by atoms with Crippen LogP contribution in [0.5, 0.6) is 0 Å². The summed E-state index contributed by atoms with van der Waals surface area (Å²) in [5.74, 6) is 0.711. The highest BCUT2D eigenvalue weighted by Crippen LogP contribution is 2.29. The second kappa shape index (κ2) is 4.81. The first-order chi connectivity index (χ1) is 10.7. The Morgan fingerprint density at radius 3 is 2.68 bits per heavy atom. The van der Waals surface area contributed by atoms with E-state index in [-0.39, 0.29) is 5.82 Å². The van der Waals surface area contributed by atoms with Gasteiger partial charge in [-0.3, -0.25) is 4.57 Å². The van der Waals surface area contributed by atoms with Crippen LogP contribution >= 0.6 is 11.6 Å². The van der Waals surface area contributed by atoms with E-state index >= 15 is 0 Å². The largest absolute Gasteiger partial charge is 0.379 e. The number of halogens is 1. The fourth-order valence-corrected chi connectivity index (χ4v) is 2.41. The Balaban J connectivity index is 2.06. The number of para-hydroxylation sites is 2. The molecule has 4 rings (SSSR count). The predicted octanol–water partition coefficient (Wildman–Crippen LogP) is 2.71. The highest BCUT2D eigenvalue weighted by atomic mass is 35.5. The molecular weight excluding hydrogens is 304 g/mol. The van der Waals surface area contributed by atoms with Crippen molar-refractivity contribution >= 4 is 28.5 Å². The molecular formula is C14H9ClN6O. The van der Waals surface area contributed by atoms with Crippen molar-refractivity contribution in [1.82, 2.24) is 24.8 Å². The minimum absolute atomic E-state index is 0.179. The van der Waals surface area contributed by atoms with E-state index in [9.17, 15) is 0 Å². The maximum absolute atomic E-state index is 5.86. The van der Waals surface area contributed by atoms with Gasteiger partial charge in [-0.2, -0.15) is 0 Å². The summed E-state index contributed by atoms with van der Waals surface area (Å²) >= 11 is 5.86. The van der Waals surface area contributed by atoms with Crippen LogP contribution in [0.15, 0.2) is 47.2 Å². The molecule has 0 spiro atoms. The van der Waals surface area contributed by atoms with E-state index < -0.39 is 0 Å². The first-order valence-corrected chi connectivity index (χ1v) is 6.79. The van der Waals surface area contributed by atoms with Crippen LogP contribution in [0.1, 0.15) is 0 Å². The fraction of sp³-hybridized carbons (Fsp3) is 0. The van der Waals surface area contributed by atoms with Crippen LogP contribution in [0.4, 0.5) is 5.82 Å². The minimum atomic E-state index is 0.179. The van der Waals surface area contributed by atoms with Gasteiger partial charge in [0.2, 0.25) is 0 Å². The lowest BCUT2D eigenvalue weighted by Gasteiger charge is -2.07. The zero-order valence-electron chi connectivity index (χ0n) is 11.1. The van der Waals surface area contributed by atoms with Gasteiger partial charge in [-0.15, -0.1) is 0 Å². The molecule has 7 nitrogen and oxygen atoms in total. The van der Waals surface area contributed by atoms with Crippen LogP contribution in [0.25, 0.3) is 28.2 Å². The molecule has 0 amide bonds. The molecule has 0 atom stereocenters. The number of hydrogen-bond acceptors (Lipinski definition) is 6. The average molecular weight is 313 g/mol. The Morgan fingerprint density at radius 2 is 1.95 bits per heavy atom. The second-order valence-corrected chi connectivity index (χ2v) is 4.98. The lowest BCUT2D eigenvalue weighted by atomic mass is 10.3. The lowest BCUT2D eigenvalue weighted by molar-refractivity contribution is 0.310. The standard InChI is InChI=1S/C14H9ClN6O/c15-11-6-5-8(7-17-11)21-10-4-2-1-3-9(10)18-14(21)12-13(16)20-22-19-12/h1-7H,(H2,16,20). The zero-order valence-corrected chi connectivity index (χ0v) is 11.9. The quantitative estimate of drug-likeness (QED) is 0.572. The number of aromatic nitrogens is 5. The van der Waals surface area contributed by atoms with E-state index in [1.807, 2.05) is 34.9 Å². The predicted molar refractivity (Wildman–Crippen MR) is 81.6 cm³/mol. The van der Waals surface area contributed by atoms with E-state index in [0.717, 1.165) is 16.7 Å². The molecule has 0 fully saturated rings. The number of rotatable bonds is 2. The molecule has 8 heteroatoms. The average Bonchev–Trinajstić information content (AvgIpc) is 3.11. The Labute approximate surface area is 129 Å². The number of anilines is 1. The topological polar surface area (TPSA) is 95.6 Å². The zero-order chi connectivity index (χ0) is 15.1. The number of nitrogens with zero attached hydrogens (tertiary/aromatic N) is 5. The molecule has 108 valence electrons. The molecule has 0 saturated carbocycles. The molecule has 1 aromatic carbocycles. The van der Waals surface area contributed by atoms with Gasteiger partial charge in [0.15, 0.2) is 17.3 Å².